The minimum absolute atomic E-state index is 0.0124. The topological polar surface area (TPSA) is 110 Å². The van der Waals surface area contributed by atoms with Gasteiger partial charge in [-0.05, 0) is 30.5 Å². The zero-order valence-electron chi connectivity index (χ0n) is 15.9. The van der Waals surface area contributed by atoms with Gasteiger partial charge in [0.25, 0.3) is 0 Å². The first-order valence-corrected chi connectivity index (χ1v) is 11.9. The van der Waals surface area contributed by atoms with E-state index in [1.165, 1.54) is 36.5 Å². The number of ether oxygens (including phenoxy) is 1. The fourth-order valence-corrected chi connectivity index (χ4v) is 6.75. The van der Waals surface area contributed by atoms with E-state index in [0.717, 1.165) is 0 Å². The Bertz CT molecular complexity index is 909. The molecule has 0 aliphatic carbocycles. The lowest BCUT2D eigenvalue weighted by Crippen LogP contribution is -2.43. The van der Waals surface area contributed by atoms with Crippen LogP contribution in [-0.4, -0.2) is 58.3 Å². The van der Waals surface area contributed by atoms with E-state index >= 15 is 0 Å². The van der Waals surface area contributed by atoms with Crippen LogP contribution >= 0.6 is 0 Å². The summed E-state index contributed by atoms with van der Waals surface area (Å²) in [6.45, 7) is 5.28. The second-order valence-electron chi connectivity index (χ2n) is 7.07. The van der Waals surface area contributed by atoms with Crippen LogP contribution in [0, 0.1) is 5.92 Å². The van der Waals surface area contributed by atoms with Crippen molar-refractivity contribution in [3.63, 3.8) is 0 Å². The number of carbonyl (C=O) groups is 1. The summed E-state index contributed by atoms with van der Waals surface area (Å²) in [5.74, 6) is -0.183. The van der Waals surface area contributed by atoms with Crippen molar-refractivity contribution in [1.29, 1.82) is 0 Å². The van der Waals surface area contributed by atoms with Gasteiger partial charge in [-0.2, -0.15) is 4.31 Å². The molecule has 0 saturated carbocycles. The van der Waals surface area contributed by atoms with Crippen molar-refractivity contribution in [2.75, 3.05) is 30.5 Å². The molecule has 2 rings (SSSR count). The Labute approximate surface area is 160 Å². The molecular weight excluding hydrogens is 392 g/mol. The molecule has 0 aromatic heterocycles. The molecule has 10 heteroatoms. The molecule has 1 aromatic rings. The molecule has 27 heavy (non-hydrogen) atoms. The van der Waals surface area contributed by atoms with E-state index in [0.29, 0.717) is 5.75 Å². The molecule has 0 radical (unpaired) electrons. The first-order chi connectivity index (χ1) is 12.5. The van der Waals surface area contributed by atoms with E-state index in [2.05, 4.69) is 5.32 Å². The highest BCUT2D eigenvalue weighted by Gasteiger charge is 2.39. The number of methoxy groups -OCH3 is 1. The molecule has 1 aliphatic heterocycles. The second kappa shape index (κ2) is 8.15. The SMILES string of the molecule is COc1ccc(S(=O)(=O)N(CC(C)C)[C@H]2CCS(=O)(=O)C2)cc1NC(C)=O. The first kappa shape index (κ1) is 21.6. The number of rotatable bonds is 7. The van der Waals surface area contributed by atoms with E-state index in [9.17, 15) is 21.6 Å². The molecule has 1 aromatic carbocycles. The van der Waals surface area contributed by atoms with Crippen LogP contribution in [0.25, 0.3) is 0 Å². The monoisotopic (exact) mass is 418 g/mol. The minimum atomic E-state index is -3.95. The lowest BCUT2D eigenvalue weighted by Gasteiger charge is -2.29. The number of hydrogen-bond acceptors (Lipinski definition) is 6. The van der Waals surface area contributed by atoms with Crippen LogP contribution in [0.1, 0.15) is 27.2 Å². The average molecular weight is 419 g/mol. The predicted molar refractivity (Wildman–Crippen MR) is 103 cm³/mol. The maximum absolute atomic E-state index is 13.3. The molecule has 0 unspecified atom stereocenters. The molecule has 152 valence electrons. The summed E-state index contributed by atoms with van der Waals surface area (Å²) in [6.07, 6.45) is 0.281. The van der Waals surface area contributed by atoms with Gasteiger partial charge in [0.1, 0.15) is 5.75 Å². The van der Waals surface area contributed by atoms with Gasteiger partial charge in [0.05, 0.1) is 29.2 Å². The van der Waals surface area contributed by atoms with E-state index in [1.54, 1.807) is 0 Å². The molecule has 1 N–H and O–H groups in total. The molecule has 1 fully saturated rings. The van der Waals surface area contributed by atoms with E-state index < -0.39 is 25.9 Å². The summed E-state index contributed by atoms with van der Waals surface area (Å²) in [5, 5.41) is 2.56. The number of amides is 1. The highest BCUT2D eigenvalue weighted by atomic mass is 32.2. The number of nitrogens with zero attached hydrogens (tertiary/aromatic N) is 1. The van der Waals surface area contributed by atoms with Crippen LogP contribution < -0.4 is 10.1 Å². The fraction of sp³-hybridized carbons (Fsp3) is 0.588. The van der Waals surface area contributed by atoms with Gasteiger partial charge in [-0.25, -0.2) is 16.8 Å². The van der Waals surface area contributed by atoms with Gasteiger partial charge < -0.3 is 10.1 Å². The van der Waals surface area contributed by atoms with Gasteiger partial charge in [0, 0.05) is 19.5 Å². The zero-order chi connectivity index (χ0) is 20.4. The predicted octanol–water partition coefficient (Wildman–Crippen LogP) is 1.49. The number of nitrogens with one attached hydrogen (secondary N) is 1. The highest BCUT2D eigenvalue weighted by molar-refractivity contribution is 7.92. The van der Waals surface area contributed by atoms with Crippen molar-refractivity contribution in [3.05, 3.63) is 18.2 Å². The van der Waals surface area contributed by atoms with Gasteiger partial charge in [-0.15, -0.1) is 0 Å². The van der Waals surface area contributed by atoms with Crippen molar-refractivity contribution < 1.29 is 26.4 Å². The van der Waals surface area contributed by atoms with Crippen molar-refractivity contribution >= 4 is 31.5 Å². The number of sulfonamides is 1. The lowest BCUT2D eigenvalue weighted by molar-refractivity contribution is -0.114. The number of carbonyl (C=O) groups excluding carboxylic acids is 1. The Kier molecular flexibility index (Phi) is 6.54. The normalized spacial score (nSPS) is 19.4. The highest BCUT2D eigenvalue weighted by Crippen LogP contribution is 2.31. The van der Waals surface area contributed by atoms with Gasteiger partial charge >= 0.3 is 0 Å². The standard InChI is InChI=1S/C17H26N2O6S2/c1-12(2)10-19(14-7-8-26(21,22)11-14)27(23,24)15-5-6-17(25-4)16(9-15)18-13(3)20/h5-6,9,12,14H,7-8,10-11H2,1-4H3,(H,18,20)/t14-/m0/s1. The van der Waals surface area contributed by atoms with E-state index in [4.69, 9.17) is 4.74 Å². The van der Waals surface area contributed by atoms with Crippen molar-refractivity contribution in [3.8, 4) is 5.75 Å². The summed E-state index contributed by atoms with van der Waals surface area (Å²) in [5.41, 5.74) is 0.245. The Hall–Kier alpha value is -1.65. The maximum atomic E-state index is 13.3. The van der Waals surface area contributed by atoms with Crippen molar-refractivity contribution in [2.45, 2.75) is 38.1 Å². The molecule has 0 bridgehead atoms. The Morgan fingerprint density at radius 3 is 2.52 bits per heavy atom. The quantitative estimate of drug-likeness (QED) is 0.718. The van der Waals surface area contributed by atoms with Crippen molar-refractivity contribution in [1.82, 2.24) is 4.31 Å². The van der Waals surface area contributed by atoms with Crippen LogP contribution in [-0.2, 0) is 24.7 Å². The smallest absolute Gasteiger partial charge is 0.243 e. The maximum Gasteiger partial charge on any atom is 0.243 e. The summed E-state index contributed by atoms with van der Waals surface area (Å²) >= 11 is 0. The molecule has 1 aliphatic rings. The Morgan fingerprint density at radius 1 is 1.37 bits per heavy atom. The molecule has 1 amide bonds. The summed E-state index contributed by atoms with van der Waals surface area (Å²) in [6, 6.07) is 3.62. The van der Waals surface area contributed by atoms with Crippen LogP contribution in [0.5, 0.6) is 5.75 Å². The molecule has 0 spiro atoms. The molecular formula is C17H26N2O6S2. The van der Waals surface area contributed by atoms with Crippen LogP contribution in [0.15, 0.2) is 23.1 Å². The number of anilines is 1. The molecule has 1 atom stereocenters. The summed E-state index contributed by atoms with van der Waals surface area (Å²) < 4.78 is 56.7. The van der Waals surface area contributed by atoms with Gasteiger partial charge in [-0.1, -0.05) is 13.8 Å². The number of benzene rings is 1. The summed E-state index contributed by atoms with van der Waals surface area (Å²) in [4.78, 5) is 11.4. The van der Waals surface area contributed by atoms with E-state index in [1.807, 2.05) is 13.8 Å². The Balaban J connectivity index is 2.47. The second-order valence-corrected chi connectivity index (χ2v) is 11.2. The van der Waals surface area contributed by atoms with Gasteiger partial charge in [0.15, 0.2) is 9.84 Å². The first-order valence-electron chi connectivity index (χ1n) is 8.64. The van der Waals surface area contributed by atoms with E-state index in [-0.39, 0.29) is 46.9 Å². The van der Waals surface area contributed by atoms with Gasteiger partial charge in [-0.3, -0.25) is 4.79 Å². The zero-order valence-corrected chi connectivity index (χ0v) is 17.6. The molecule has 8 nitrogen and oxygen atoms in total. The lowest BCUT2D eigenvalue weighted by atomic mass is 10.2. The largest absolute Gasteiger partial charge is 0.495 e. The number of hydrogen-bond donors (Lipinski definition) is 1. The fourth-order valence-electron chi connectivity index (χ4n) is 3.08. The Morgan fingerprint density at radius 2 is 2.04 bits per heavy atom. The average Bonchev–Trinajstić information content (AvgIpc) is 2.91. The van der Waals surface area contributed by atoms with Crippen molar-refractivity contribution in [2.24, 2.45) is 5.92 Å². The third kappa shape index (κ3) is 5.20. The number of sulfone groups is 1. The third-order valence-electron chi connectivity index (χ3n) is 4.25. The summed E-state index contributed by atoms with van der Waals surface area (Å²) in [7, 11) is -5.77. The van der Waals surface area contributed by atoms with Crippen LogP contribution in [0.3, 0.4) is 0 Å². The minimum Gasteiger partial charge on any atom is -0.495 e. The third-order valence-corrected chi connectivity index (χ3v) is 7.91. The molecule has 1 saturated heterocycles. The van der Waals surface area contributed by atoms with Gasteiger partial charge in [0.2, 0.25) is 15.9 Å². The van der Waals surface area contributed by atoms with Crippen LogP contribution in [0.2, 0.25) is 0 Å². The molecule has 1 heterocycles. The van der Waals surface area contributed by atoms with Crippen LogP contribution in [0.4, 0.5) is 5.69 Å².